The maximum absolute atomic E-state index is 10.7. The molecule has 1 aliphatic rings. The Morgan fingerprint density at radius 2 is 2.17 bits per heavy atom. The van der Waals surface area contributed by atoms with Crippen LogP contribution in [-0.4, -0.2) is 30.6 Å². The average Bonchev–Trinajstić information content (AvgIpc) is 2.51. The Kier molecular flexibility index (Phi) is 3.49. The second-order valence-corrected chi connectivity index (χ2v) is 2.84. The Morgan fingerprint density at radius 3 is 2.58 bits per heavy atom. The summed E-state index contributed by atoms with van der Waals surface area (Å²) in [6.45, 7) is 2.97. The van der Waals surface area contributed by atoms with E-state index in [-0.39, 0.29) is 0 Å². The normalized spacial score (nSPS) is 21.1. The molecule has 1 atom stereocenters. The predicted molar refractivity (Wildman–Crippen MR) is 41.7 cm³/mol. The number of rotatable bonds is 4. The fourth-order valence-electron chi connectivity index (χ4n) is 1.30. The summed E-state index contributed by atoms with van der Waals surface area (Å²) < 4.78 is 10.3. The summed E-state index contributed by atoms with van der Waals surface area (Å²) in [5, 5.41) is 8.80. The molecule has 4 heteroatoms. The molecule has 0 amide bonds. The van der Waals surface area contributed by atoms with Crippen LogP contribution in [0.4, 0.5) is 0 Å². The molecule has 1 heterocycles. The van der Waals surface area contributed by atoms with Gasteiger partial charge in [-0.05, 0) is 6.42 Å². The third kappa shape index (κ3) is 2.19. The highest BCUT2D eigenvalue weighted by Crippen LogP contribution is 2.19. The van der Waals surface area contributed by atoms with Gasteiger partial charge in [-0.1, -0.05) is 13.3 Å². The zero-order valence-electron chi connectivity index (χ0n) is 7.16. The van der Waals surface area contributed by atoms with Crippen molar-refractivity contribution in [3.63, 3.8) is 0 Å². The Bertz CT molecular complexity index is 151. The molecular formula is C8H14O4. The van der Waals surface area contributed by atoms with Crippen molar-refractivity contribution in [2.75, 3.05) is 13.2 Å². The molecule has 1 saturated heterocycles. The zero-order valence-corrected chi connectivity index (χ0v) is 7.16. The van der Waals surface area contributed by atoms with Gasteiger partial charge in [-0.25, -0.2) is 0 Å². The minimum atomic E-state index is -0.830. The van der Waals surface area contributed by atoms with Gasteiger partial charge in [0.2, 0.25) is 0 Å². The molecular weight excluding hydrogens is 160 g/mol. The van der Waals surface area contributed by atoms with E-state index in [9.17, 15) is 4.79 Å². The number of carboxylic acid groups (broad SMARTS) is 1. The Labute approximate surface area is 71.5 Å². The summed E-state index contributed by atoms with van der Waals surface area (Å²) >= 11 is 0. The lowest BCUT2D eigenvalue weighted by atomic mass is 10.0. The largest absolute Gasteiger partial charge is 0.481 e. The molecule has 1 unspecified atom stereocenters. The van der Waals surface area contributed by atoms with Gasteiger partial charge in [-0.2, -0.15) is 0 Å². The standard InChI is InChI=1S/C8H14O4/c1-2-3-6(7(9)10)8-11-4-5-12-8/h6,8H,2-5H2,1H3,(H,9,10). The summed E-state index contributed by atoms with van der Waals surface area (Å²) in [7, 11) is 0. The van der Waals surface area contributed by atoms with E-state index in [1.54, 1.807) is 0 Å². The first-order chi connectivity index (χ1) is 5.75. The van der Waals surface area contributed by atoms with E-state index < -0.39 is 18.2 Å². The molecule has 12 heavy (non-hydrogen) atoms. The predicted octanol–water partition coefficient (Wildman–Crippen LogP) is 0.860. The van der Waals surface area contributed by atoms with Gasteiger partial charge in [0.25, 0.3) is 0 Å². The van der Waals surface area contributed by atoms with Crippen LogP contribution < -0.4 is 0 Å². The number of aliphatic carboxylic acids is 1. The van der Waals surface area contributed by atoms with Gasteiger partial charge < -0.3 is 14.6 Å². The Hall–Kier alpha value is -0.610. The fraction of sp³-hybridized carbons (Fsp3) is 0.875. The van der Waals surface area contributed by atoms with Gasteiger partial charge in [0.1, 0.15) is 5.92 Å². The molecule has 4 nitrogen and oxygen atoms in total. The molecule has 0 aromatic carbocycles. The van der Waals surface area contributed by atoms with Gasteiger partial charge in [-0.3, -0.25) is 4.79 Å². The second kappa shape index (κ2) is 4.42. The summed E-state index contributed by atoms with van der Waals surface area (Å²) in [6.07, 6.45) is 0.919. The van der Waals surface area contributed by atoms with Crippen molar-refractivity contribution in [3.8, 4) is 0 Å². The SMILES string of the molecule is CCCC(C(=O)O)C1OCCO1. The number of carboxylic acids is 1. The quantitative estimate of drug-likeness (QED) is 0.686. The highest BCUT2D eigenvalue weighted by molar-refractivity contribution is 5.70. The first kappa shape index (κ1) is 9.48. The van der Waals surface area contributed by atoms with E-state index in [2.05, 4.69) is 0 Å². The van der Waals surface area contributed by atoms with Crippen molar-refractivity contribution in [1.29, 1.82) is 0 Å². The van der Waals surface area contributed by atoms with Gasteiger partial charge in [0, 0.05) is 0 Å². The van der Waals surface area contributed by atoms with Crippen LogP contribution in [0.1, 0.15) is 19.8 Å². The maximum Gasteiger partial charge on any atom is 0.311 e. The van der Waals surface area contributed by atoms with Crippen LogP contribution in [0.5, 0.6) is 0 Å². The van der Waals surface area contributed by atoms with Crippen molar-refractivity contribution in [1.82, 2.24) is 0 Å². The van der Waals surface area contributed by atoms with E-state index in [1.807, 2.05) is 6.92 Å². The summed E-state index contributed by atoms with van der Waals surface area (Å²) in [5.74, 6) is -1.33. The van der Waals surface area contributed by atoms with Crippen LogP contribution in [-0.2, 0) is 14.3 Å². The minimum Gasteiger partial charge on any atom is -0.481 e. The molecule has 0 aliphatic carbocycles. The number of ether oxygens (including phenoxy) is 2. The lowest BCUT2D eigenvalue weighted by Crippen LogP contribution is -2.28. The first-order valence-corrected chi connectivity index (χ1v) is 4.21. The number of hydrogen-bond donors (Lipinski definition) is 1. The van der Waals surface area contributed by atoms with E-state index in [1.165, 1.54) is 0 Å². The lowest BCUT2D eigenvalue weighted by molar-refractivity contribution is -0.158. The highest BCUT2D eigenvalue weighted by Gasteiger charge is 2.31. The van der Waals surface area contributed by atoms with Crippen molar-refractivity contribution in [3.05, 3.63) is 0 Å². The molecule has 0 bridgehead atoms. The lowest BCUT2D eigenvalue weighted by Gasteiger charge is -2.16. The topological polar surface area (TPSA) is 55.8 Å². The average molecular weight is 174 g/mol. The van der Waals surface area contributed by atoms with Crippen molar-refractivity contribution in [2.45, 2.75) is 26.1 Å². The third-order valence-electron chi connectivity index (χ3n) is 1.89. The summed E-state index contributed by atoms with van der Waals surface area (Å²) in [5.41, 5.74) is 0. The third-order valence-corrected chi connectivity index (χ3v) is 1.89. The minimum absolute atomic E-state index is 0.502. The van der Waals surface area contributed by atoms with E-state index >= 15 is 0 Å². The molecule has 1 rings (SSSR count). The van der Waals surface area contributed by atoms with Crippen molar-refractivity contribution < 1.29 is 19.4 Å². The molecule has 1 N–H and O–H groups in total. The molecule has 0 aromatic rings. The first-order valence-electron chi connectivity index (χ1n) is 4.21. The van der Waals surface area contributed by atoms with Crippen molar-refractivity contribution >= 4 is 5.97 Å². The molecule has 0 aromatic heterocycles. The van der Waals surface area contributed by atoms with E-state index in [4.69, 9.17) is 14.6 Å². The van der Waals surface area contributed by atoms with Gasteiger partial charge >= 0.3 is 5.97 Å². The molecule has 0 spiro atoms. The Morgan fingerprint density at radius 1 is 1.58 bits per heavy atom. The summed E-state index contributed by atoms with van der Waals surface area (Å²) in [4.78, 5) is 10.7. The van der Waals surface area contributed by atoms with Crippen LogP contribution in [0.2, 0.25) is 0 Å². The highest BCUT2D eigenvalue weighted by atomic mass is 16.7. The molecule has 0 saturated carbocycles. The fourth-order valence-corrected chi connectivity index (χ4v) is 1.30. The molecule has 70 valence electrons. The molecule has 0 radical (unpaired) electrons. The van der Waals surface area contributed by atoms with Gasteiger partial charge in [0.05, 0.1) is 13.2 Å². The second-order valence-electron chi connectivity index (χ2n) is 2.84. The summed E-state index contributed by atoms with van der Waals surface area (Å²) in [6, 6.07) is 0. The number of hydrogen-bond acceptors (Lipinski definition) is 3. The van der Waals surface area contributed by atoms with Crippen molar-refractivity contribution in [2.24, 2.45) is 5.92 Å². The number of carbonyl (C=O) groups is 1. The van der Waals surface area contributed by atoms with Crippen LogP contribution >= 0.6 is 0 Å². The Balaban J connectivity index is 2.45. The van der Waals surface area contributed by atoms with E-state index in [0.717, 1.165) is 6.42 Å². The van der Waals surface area contributed by atoms with Crippen LogP contribution in [0, 0.1) is 5.92 Å². The monoisotopic (exact) mass is 174 g/mol. The van der Waals surface area contributed by atoms with E-state index in [0.29, 0.717) is 19.6 Å². The van der Waals surface area contributed by atoms with Crippen LogP contribution in [0.25, 0.3) is 0 Å². The van der Waals surface area contributed by atoms with Crippen LogP contribution in [0.15, 0.2) is 0 Å². The molecule has 1 aliphatic heterocycles. The zero-order chi connectivity index (χ0) is 8.97. The van der Waals surface area contributed by atoms with Gasteiger partial charge in [-0.15, -0.1) is 0 Å². The smallest absolute Gasteiger partial charge is 0.311 e. The molecule has 1 fully saturated rings. The maximum atomic E-state index is 10.7. The van der Waals surface area contributed by atoms with Gasteiger partial charge in [0.15, 0.2) is 6.29 Å². The van der Waals surface area contributed by atoms with Crippen LogP contribution in [0.3, 0.4) is 0 Å².